The summed E-state index contributed by atoms with van der Waals surface area (Å²) in [5.74, 6) is 0.787. The summed E-state index contributed by atoms with van der Waals surface area (Å²) in [4.78, 5) is 21.5. The van der Waals surface area contributed by atoms with E-state index in [-0.39, 0.29) is 18.7 Å². The quantitative estimate of drug-likeness (QED) is 0.449. The van der Waals surface area contributed by atoms with Crippen LogP contribution in [0.3, 0.4) is 0 Å². The monoisotopic (exact) mass is 267 g/mol. The molecular weight excluding hydrogens is 250 g/mol. The average molecular weight is 267 g/mol. The van der Waals surface area contributed by atoms with Gasteiger partial charge < -0.3 is 32.2 Å². The fourth-order valence-corrected chi connectivity index (χ4v) is 3.19. The van der Waals surface area contributed by atoms with Crippen molar-refractivity contribution >= 4 is 18.0 Å². The summed E-state index contributed by atoms with van der Waals surface area (Å²) < 4.78 is 4.84. The van der Waals surface area contributed by atoms with Crippen molar-refractivity contribution in [2.24, 2.45) is 27.2 Å². The maximum atomic E-state index is 10.7. The van der Waals surface area contributed by atoms with E-state index < -0.39 is 11.8 Å². The third-order valence-electron chi connectivity index (χ3n) is 3.87. The number of rotatable bonds is 2. The van der Waals surface area contributed by atoms with E-state index in [0.717, 1.165) is 19.4 Å². The molecule has 1 spiro atoms. The average Bonchev–Trinajstić information content (AvgIpc) is 2.89. The van der Waals surface area contributed by atoms with Crippen molar-refractivity contribution in [1.82, 2.24) is 10.2 Å². The lowest BCUT2D eigenvalue weighted by atomic mass is 9.91. The molecule has 0 aromatic carbocycles. The Morgan fingerprint density at radius 2 is 2.32 bits per heavy atom. The highest BCUT2D eigenvalue weighted by atomic mass is 16.5. The normalized spacial score (nSPS) is 35.9. The van der Waals surface area contributed by atoms with E-state index in [1.54, 1.807) is 0 Å². The number of ether oxygens (including phenoxy) is 1. The molecule has 0 bridgehead atoms. The van der Waals surface area contributed by atoms with Gasteiger partial charge in [-0.05, 0) is 12.8 Å². The molecule has 1 amide bonds. The Labute approximate surface area is 109 Å². The molecule has 0 aromatic rings. The number of nitrogens with zero attached hydrogens (tertiary/aromatic N) is 3. The van der Waals surface area contributed by atoms with Gasteiger partial charge >= 0.3 is 6.09 Å². The highest BCUT2D eigenvalue weighted by Crippen LogP contribution is 2.39. The summed E-state index contributed by atoms with van der Waals surface area (Å²) in [6.45, 7) is 0.861. The number of nitrogens with two attached hydrogens (primary N) is 3. The van der Waals surface area contributed by atoms with E-state index in [9.17, 15) is 4.79 Å². The Kier molecular flexibility index (Phi) is 2.44. The largest absolute Gasteiger partial charge is 0.447 e. The fraction of sp³-hybridized carbons (Fsp3) is 0.700. The van der Waals surface area contributed by atoms with Crippen LogP contribution in [0.4, 0.5) is 4.79 Å². The van der Waals surface area contributed by atoms with Crippen molar-refractivity contribution in [3.8, 4) is 0 Å². The molecule has 3 atom stereocenters. The first-order valence-electron chi connectivity index (χ1n) is 6.17. The summed E-state index contributed by atoms with van der Waals surface area (Å²) in [7, 11) is 0. The molecule has 0 aliphatic carbocycles. The molecular formula is C10H17N7O2. The van der Waals surface area contributed by atoms with Crippen molar-refractivity contribution in [1.29, 1.82) is 0 Å². The van der Waals surface area contributed by atoms with Crippen LogP contribution in [0.2, 0.25) is 0 Å². The van der Waals surface area contributed by atoms with Crippen molar-refractivity contribution in [3.05, 3.63) is 0 Å². The van der Waals surface area contributed by atoms with Crippen molar-refractivity contribution < 1.29 is 9.53 Å². The number of carbonyl (C=O) groups is 1. The van der Waals surface area contributed by atoms with Crippen LogP contribution in [0, 0.1) is 0 Å². The molecule has 19 heavy (non-hydrogen) atoms. The summed E-state index contributed by atoms with van der Waals surface area (Å²) in [5.41, 5.74) is 16.3. The zero-order valence-corrected chi connectivity index (χ0v) is 10.4. The SMILES string of the molecule is NC(=O)OC[C@@H]1N=C(N)N2CCC[C@@]23NC(N)=N[C@@H]13. The second kappa shape index (κ2) is 3.90. The highest BCUT2D eigenvalue weighted by Gasteiger charge is 2.57. The maximum absolute atomic E-state index is 10.7. The molecule has 3 rings (SSSR count). The van der Waals surface area contributed by atoms with Crippen LogP contribution in [0.15, 0.2) is 9.98 Å². The Hall–Kier alpha value is -2.19. The topological polar surface area (TPSA) is 144 Å². The first kappa shape index (κ1) is 11.9. The van der Waals surface area contributed by atoms with Gasteiger partial charge in [0.15, 0.2) is 11.9 Å². The van der Waals surface area contributed by atoms with Crippen molar-refractivity contribution in [3.63, 3.8) is 0 Å². The predicted octanol–water partition coefficient (Wildman–Crippen LogP) is -2.14. The Morgan fingerprint density at radius 3 is 3.05 bits per heavy atom. The number of hydrogen-bond acceptors (Lipinski definition) is 8. The summed E-state index contributed by atoms with van der Waals surface area (Å²) in [6, 6.07) is -0.586. The molecule has 1 saturated heterocycles. The van der Waals surface area contributed by atoms with Crippen LogP contribution in [0.5, 0.6) is 0 Å². The lowest BCUT2D eigenvalue weighted by Crippen LogP contribution is -2.68. The Morgan fingerprint density at radius 1 is 1.53 bits per heavy atom. The highest BCUT2D eigenvalue weighted by molar-refractivity contribution is 5.86. The Balaban J connectivity index is 1.91. The summed E-state index contributed by atoms with van der Waals surface area (Å²) in [5, 5.41) is 3.20. The molecule has 104 valence electrons. The van der Waals surface area contributed by atoms with Gasteiger partial charge in [-0.2, -0.15) is 0 Å². The van der Waals surface area contributed by atoms with Crippen LogP contribution in [0.1, 0.15) is 12.8 Å². The van der Waals surface area contributed by atoms with E-state index in [0.29, 0.717) is 11.9 Å². The lowest BCUT2D eigenvalue weighted by Gasteiger charge is -2.44. The molecule has 9 nitrogen and oxygen atoms in total. The van der Waals surface area contributed by atoms with Gasteiger partial charge in [0.1, 0.15) is 24.4 Å². The minimum Gasteiger partial charge on any atom is -0.447 e. The van der Waals surface area contributed by atoms with E-state index in [1.165, 1.54) is 0 Å². The zero-order valence-electron chi connectivity index (χ0n) is 10.4. The van der Waals surface area contributed by atoms with E-state index >= 15 is 0 Å². The first-order chi connectivity index (χ1) is 9.03. The number of aliphatic imine (C=N–C) groups is 2. The van der Waals surface area contributed by atoms with Gasteiger partial charge in [-0.25, -0.2) is 14.8 Å². The van der Waals surface area contributed by atoms with Crippen molar-refractivity contribution in [2.75, 3.05) is 13.2 Å². The number of hydrogen-bond donors (Lipinski definition) is 4. The number of guanidine groups is 2. The molecule has 9 heteroatoms. The number of nitrogens with one attached hydrogen (secondary N) is 1. The molecule has 0 aromatic heterocycles. The number of carbonyl (C=O) groups excluding carboxylic acids is 1. The van der Waals surface area contributed by atoms with Gasteiger partial charge in [0.05, 0.1) is 0 Å². The minimum absolute atomic E-state index is 0.0503. The summed E-state index contributed by atoms with van der Waals surface area (Å²) >= 11 is 0. The molecule has 3 aliphatic heterocycles. The van der Waals surface area contributed by atoms with Gasteiger partial charge in [0, 0.05) is 6.54 Å². The van der Waals surface area contributed by atoms with Gasteiger partial charge in [-0.1, -0.05) is 0 Å². The van der Waals surface area contributed by atoms with E-state index in [4.69, 9.17) is 21.9 Å². The Bertz CT molecular complexity index is 476. The number of amides is 1. The summed E-state index contributed by atoms with van der Waals surface area (Å²) in [6.07, 6.45) is 1.01. The minimum atomic E-state index is -0.834. The number of primary amides is 1. The van der Waals surface area contributed by atoms with Crippen LogP contribution in [-0.2, 0) is 4.74 Å². The van der Waals surface area contributed by atoms with E-state index in [2.05, 4.69) is 15.3 Å². The van der Waals surface area contributed by atoms with Gasteiger partial charge in [-0.3, -0.25) is 0 Å². The third-order valence-corrected chi connectivity index (χ3v) is 3.87. The van der Waals surface area contributed by atoms with Crippen molar-refractivity contribution in [2.45, 2.75) is 30.6 Å². The molecule has 3 heterocycles. The van der Waals surface area contributed by atoms with E-state index in [1.807, 2.05) is 4.90 Å². The standard InChI is InChI=1S/C10H17N7O2/c11-7-15-6-5(4-19-9(13)18)14-8(12)17-3-1-2-10(6,17)16-7/h5-6H,1-4H2,(H2,12,14)(H2,13,18)(H3,11,15,16)/t5-,6-,10+/m0/s1. The van der Waals surface area contributed by atoms with Gasteiger partial charge in [-0.15, -0.1) is 0 Å². The van der Waals surface area contributed by atoms with Crippen LogP contribution in [0.25, 0.3) is 0 Å². The molecule has 0 unspecified atom stereocenters. The zero-order chi connectivity index (χ0) is 13.6. The molecule has 7 N–H and O–H groups in total. The van der Waals surface area contributed by atoms with Crippen LogP contribution >= 0.6 is 0 Å². The third kappa shape index (κ3) is 1.65. The fourth-order valence-electron chi connectivity index (χ4n) is 3.19. The van der Waals surface area contributed by atoms with Crippen LogP contribution < -0.4 is 22.5 Å². The molecule has 0 radical (unpaired) electrons. The second-order valence-electron chi connectivity index (χ2n) is 4.95. The smallest absolute Gasteiger partial charge is 0.404 e. The lowest BCUT2D eigenvalue weighted by molar-refractivity contribution is 0.103. The predicted molar refractivity (Wildman–Crippen MR) is 68.2 cm³/mol. The van der Waals surface area contributed by atoms with Gasteiger partial charge in [0.2, 0.25) is 0 Å². The molecule has 1 fully saturated rings. The first-order valence-corrected chi connectivity index (χ1v) is 6.17. The van der Waals surface area contributed by atoms with Gasteiger partial charge in [0.25, 0.3) is 0 Å². The second-order valence-corrected chi connectivity index (χ2v) is 4.95. The molecule has 0 saturated carbocycles. The maximum Gasteiger partial charge on any atom is 0.404 e. The molecule has 3 aliphatic rings. The van der Waals surface area contributed by atoms with Crippen LogP contribution in [-0.4, -0.2) is 53.8 Å².